The fourth-order valence-corrected chi connectivity index (χ4v) is 3.83. The molecule has 1 aromatic carbocycles. The van der Waals surface area contributed by atoms with Crippen molar-refractivity contribution >= 4 is 5.91 Å². The molecule has 0 spiro atoms. The summed E-state index contributed by atoms with van der Waals surface area (Å²) in [5, 5.41) is 0. The third kappa shape index (κ3) is 2.71. The highest BCUT2D eigenvalue weighted by atomic mass is 16.2. The van der Waals surface area contributed by atoms with Crippen LogP contribution in [0.2, 0.25) is 0 Å². The van der Waals surface area contributed by atoms with Crippen LogP contribution in [0.4, 0.5) is 0 Å². The van der Waals surface area contributed by atoms with Crippen LogP contribution < -0.4 is 0 Å². The second-order valence-corrected chi connectivity index (χ2v) is 6.75. The van der Waals surface area contributed by atoms with Crippen LogP contribution in [0.25, 0.3) is 0 Å². The van der Waals surface area contributed by atoms with E-state index in [4.69, 9.17) is 0 Å². The van der Waals surface area contributed by atoms with E-state index in [1.54, 1.807) is 0 Å². The fraction of sp³-hybridized carbons (Fsp3) is 0.400. The first kappa shape index (κ1) is 15.3. The molecule has 0 radical (unpaired) electrons. The van der Waals surface area contributed by atoms with Crippen LogP contribution in [-0.4, -0.2) is 46.4 Å². The minimum Gasteiger partial charge on any atom is -0.340 e. The molecular weight excluding hydrogens is 298 g/mol. The number of rotatable bonds is 3. The SMILES string of the molecule is CCN1Cc2ccccc2CC1C(=O)N1CC(c2ccccn2)C1. The number of benzene rings is 1. The molecule has 24 heavy (non-hydrogen) atoms. The van der Waals surface area contributed by atoms with Crippen LogP contribution in [0.5, 0.6) is 0 Å². The normalized spacial score (nSPS) is 21.2. The van der Waals surface area contributed by atoms with Gasteiger partial charge in [-0.05, 0) is 36.2 Å². The summed E-state index contributed by atoms with van der Waals surface area (Å²) in [4.78, 5) is 21.7. The zero-order chi connectivity index (χ0) is 16.5. The van der Waals surface area contributed by atoms with E-state index >= 15 is 0 Å². The van der Waals surface area contributed by atoms with Gasteiger partial charge in [-0.2, -0.15) is 0 Å². The lowest BCUT2D eigenvalue weighted by Crippen LogP contribution is -2.57. The lowest BCUT2D eigenvalue weighted by molar-refractivity contribution is -0.142. The standard InChI is InChI=1S/C20H23N3O/c1-2-22-12-16-8-4-3-7-15(16)11-19(22)20(24)23-13-17(14-23)18-9-5-6-10-21-18/h3-10,17,19H,2,11-14H2,1H3. The maximum atomic E-state index is 13.0. The van der Waals surface area contributed by atoms with E-state index < -0.39 is 0 Å². The van der Waals surface area contributed by atoms with E-state index in [9.17, 15) is 4.79 Å². The highest BCUT2D eigenvalue weighted by molar-refractivity contribution is 5.83. The van der Waals surface area contributed by atoms with Gasteiger partial charge in [0.25, 0.3) is 0 Å². The summed E-state index contributed by atoms with van der Waals surface area (Å²) in [6.45, 7) is 5.51. The monoisotopic (exact) mass is 321 g/mol. The second kappa shape index (κ2) is 6.36. The van der Waals surface area contributed by atoms with Gasteiger partial charge in [-0.15, -0.1) is 0 Å². The molecule has 2 aliphatic rings. The number of likely N-dealkylation sites (N-methyl/N-ethyl adjacent to an activating group) is 1. The average Bonchev–Trinajstić information content (AvgIpc) is 2.60. The lowest BCUT2D eigenvalue weighted by atomic mass is 9.90. The van der Waals surface area contributed by atoms with Crippen LogP contribution >= 0.6 is 0 Å². The van der Waals surface area contributed by atoms with E-state index in [2.05, 4.69) is 47.1 Å². The van der Waals surface area contributed by atoms with Crippen LogP contribution in [-0.2, 0) is 17.8 Å². The molecule has 1 atom stereocenters. The van der Waals surface area contributed by atoms with Crippen molar-refractivity contribution in [3.05, 3.63) is 65.5 Å². The first-order chi connectivity index (χ1) is 11.8. The lowest BCUT2D eigenvalue weighted by Gasteiger charge is -2.44. The third-order valence-corrected chi connectivity index (χ3v) is 5.34. The molecule has 124 valence electrons. The van der Waals surface area contributed by atoms with Crippen molar-refractivity contribution in [3.63, 3.8) is 0 Å². The van der Waals surface area contributed by atoms with Gasteiger partial charge in [0.05, 0.1) is 6.04 Å². The summed E-state index contributed by atoms with van der Waals surface area (Å²) in [7, 11) is 0. The number of carbonyl (C=O) groups excluding carboxylic acids is 1. The number of fused-ring (bicyclic) bond motifs is 1. The topological polar surface area (TPSA) is 36.4 Å². The van der Waals surface area contributed by atoms with Crippen LogP contribution in [0, 0.1) is 0 Å². The first-order valence-electron chi connectivity index (χ1n) is 8.76. The van der Waals surface area contributed by atoms with Gasteiger partial charge < -0.3 is 4.90 Å². The predicted molar refractivity (Wildman–Crippen MR) is 93.6 cm³/mol. The number of likely N-dealkylation sites (tertiary alicyclic amines) is 1. The molecule has 1 amide bonds. The highest BCUT2D eigenvalue weighted by Gasteiger charge is 2.39. The van der Waals surface area contributed by atoms with Gasteiger partial charge in [-0.1, -0.05) is 37.3 Å². The van der Waals surface area contributed by atoms with Crippen molar-refractivity contribution in [1.82, 2.24) is 14.8 Å². The van der Waals surface area contributed by atoms with Gasteiger partial charge in [-0.25, -0.2) is 0 Å². The largest absolute Gasteiger partial charge is 0.340 e. The Bertz CT molecular complexity index is 725. The van der Waals surface area contributed by atoms with E-state index in [1.165, 1.54) is 11.1 Å². The molecule has 0 saturated carbocycles. The highest BCUT2D eigenvalue weighted by Crippen LogP contribution is 2.29. The molecule has 3 heterocycles. The zero-order valence-electron chi connectivity index (χ0n) is 14.1. The summed E-state index contributed by atoms with van der Waals surface area (Å²) in [5.74, 6) is 0.666. The van der Waals surface area contributed by atoms with Gasteiger partial charge in [-0.3, -0.25) is 14.7 Å². The van der Waals surface area contributed by atoms with Gasteiger partial charge >= 0.3 is 0 Å². The summed E-state index contributed by atoms with van der Waals surface area (Å²) < 4.78 is 0. The molecule has 0 bridgehead atoms. The Balaban J connectivity index is 1.45. The molecule has 2 aliphatic heterocycles. The van der Waals surface area contributed by atoms with Crippen LogP contribution in [0.3, 0.4) is 0 Å². The van der Waals surface area contributed by atoms with Gasteiger partial charge in [0.15, 0.2) is 0 Å². The van der Waals surface area contributed by atoms with Crippen molar-refractivity contribution in [2.75, 3.05) is 19.6 Å². The maximum absolute atomic E-state index is 13.0. The first-order valence-corrected chi connectivity index (χ1v) is 8.76. The quantitative estimate of drug-likeness (QED) is 0.871. The van der Waals surface area contributed by atoms with Crippen molar-refractivity contribution in [2.45, 2.75) is 31.8 Å². The minimum atomic E-state index is -0.0189. The molecular formula is C20H23N3O. The molecule has 0 aliphatic carbocycles. The molecule has 1 unspecified atom stereocenters. The summed E-state index contributed by atoms with van der Waals surface area (Å²) in [6.07, 6.45) is 2.66. The number of amides is 1. The zero-order valence-corrected chi connectivity index (χ0v) is 14.1. The Labute approximate surface area is 143 Å². The van der Waals surface area contributed by atoms with Crippen molar-refractivity contribution < 1.29 is 4.79 Å². The Hall–Kier alpha value is -2.20. The maximum Gasteiger partial charge on any atom is 0.240 e. The summed E-state index contributed by atoms with van der Waals surface area (Å²) >= 11 is 0. The van der Waals surface area contributed by atoms with Crippen molar-refractivity contribution in [3.8, 4) is 0 Å². The predicted octanol–water partition coefficient (Wildman–Crippen LogP) is 2.45. The number of aromatic nitrogens is 1. The average molecular weight is 321 g/mol. The number of carbonyl (C=O) groups is 1. The Morgan fingerprint density at radius 2 is 1.88 bits per heavy atom. The van der Waals surface area contributed by atoms with E-state index in [0.717, 1.165) is 38.3 Å². The summed E-state index contributed by atoms with van der Waals surface area (Å²) in [5.41, 5.74) is 3.78. The number of hydrogen-bond acceptors (Lipinski definition) is 3. The molecule has 1 aromatic heterocycles. The minimum absolute atomic E-state index is 0.0189. The van der Waals surface area contributed by atoms with Crippen molar-refractivity contribution in [1.29, 1.82) is 0 Å². The molecule has 4 heteroatoms. The third-order valence-electron chi connectivity index (χ3n) is 5.34. The molecule has 4 rings (SSSR count). The summed E-state index contributed by atoms with van der Waals surface area (Å²) in [6, 6.07) is 14.5. The van der Waals surface area contributed by atoms with E-state index in [0.29, 0.717) is 5.92 Å². The molecule has 0 N–H and O–H groups in total. The smallest absolute Gasteiger partial charge is 0.240 e. The second-order valence-electron chi connectivity index (χ2n) is 6.75. The number of hydrogen-bond donors (Lipinski definition) is 0. The molecule has 2 aromatic rings. The molecule has 4 nitrogen and oxygen atoms in total. The Kier molecular flexibility index (Phi) is 4.07. The van der Waals surface area contributed by atoms with Crippen molar-refractivity contribution in [2.24, 2.45) is 0 Å². The molecule has 1 fully saturated rings. The van der Waals surface area contributed by atoms with Gasteiger partial charge in [0, 0.05) is 37.4 Å². The molecule has 1 saturated heterocycles. The fourth-order valence-electron chi connectivity index (χ4n) is 3.83. The van der Waals surface area contributed by atoms with Crippen LogP contribution in [0.15, 0.2) is 48.7 Å². The van der Waals surface area contributed by atoms with E-state index in [-0.39, 0.29) is 11.9 Å². The van der Waals surface area contributed by atoms with Gasteiger partial charge in [0.1, 0.15) is 0 Å². The Morgan fingerprint density at radius 1 is 1.12 bits per heavy atom. The Morgan fingerprint density at radius 3 is 2.58 bits per heavy atom. The number of nitrogens with zero attached hydrogens (tertiary/aromatic N) is 3. The van der Waals surface area contributed by atoms with Crippen LogP contribution in [0.1, 0.15) is 29.7 Å². The van der Waals surface area contributed by atoms with Gasteiger partial charge in [0.2, 0.25) is 5.91 Å². The van der Waals surface area contributed by atoms with E-state index in [1.807, 2.05) is 23.2 Å². The number of pyridine rings is 1.